The molecule has 7 heteroatoms. The molecule has 96 valence electrons. The van der Waals surface area contributed by atoms with E-state index in [1.165, 1.54) is 4.88 Å². The molecule has 1 N–H and O–H groups in total. The van der Waals surface area contributed by atoms with Gasteiger partial charge >= 0.3 is 0 Å². The Kier molecular flexibility index (Phi) is 4.05. The average Bonchev–Trinajstić information content (AvgIpc) is 2.66. The molecule has 1 saturated heterocycles. The van der Waals surface area contributed by atoms with Gasteiger partial charge in [0.25, 0.3) is 0 Å². The monoisotopic (exact) mass is 401 g/mol. The highest BCUT2D eigenvalue weighted by Gasteiger charge is 2.37. The first-order valence-corrected chi connectivity index (χ1v) is 9.41. The van der Waals surface area contributed by atoms with Crippen molar-refractivity contribution >= 4 is 53.0 Å². The molecule has 0 radical (unpaired) electrons. The van der Waals surface area contributed by atoms with Crippen LogP contribution in [0.1, 0.15) is 18.2 Å². The predicted octanol–water partition coefficient (Wildman–Crippen LogP) is 2.94. The summed E-state index contributed by atoms with van der Waals surface area (Å²) in [6.07, 6.45) is 0.697. The zero-order valence-electron chi connectivity index (χ0n) is 9.29. The minimum atomic E-state index is -2.84. The molecule has 1 aliphatic rings. The lowest BCUT2D eigenvalue weighted by Gasteiger charge is -2.23. The molecule has 1 fully saturated rings. The van der Waals surface area contributed by atoms with Gasteiger partial charge in [-0.25, -0.2) is 8.42 Å². The largest absolute Gasteiger partial charge is 0.306 e. The summed E-state index contributed by atoms with van der Waals surface area (Å²) in [5.74, 6) is 0.544. The topological polar surface area (TPSA) is 46.2 Å². The smallest absolute Gasteiger partial charge is 0.152 e. The van der Waals surface area contributed by atoms with Gasteiger partial charge in [-0.2, -0.15) is 0 Å². The summed E-state index contributed by atoms with van der Waals surface area (Å²) in [7, 11) is -2.84. The number of thiophene rings is 1. The molecular weight excluding hydrogens is 390 g/mol. The van der Waals surface area contributed by atoms with E-state index in [-0.39, 0.29) is 11.3 Å². The van der Waals surface area contributed by atoms with Crippen LogP contribution in [0.3, 0.4) is 0 Å². The van der Waals surface area contributed by atoms with Crippen LogP contribution in [-0.4, -0.2) is 25.5 Å². The van der Waals surface area contributed by atoms with Crippen molar-refractivity contribution in [2.24, 2.45) is 0 Å². The third-order valence-corrected chi connectivity index (χ3v) is 8.05. The van der Waals surface area contributed by atoms with E-state index in [9.17, 15) is 8.42 Å². The number of nitrogens with one attached hydrogen (secondary N) is 1. The minimum Gasteiger partial charge on any atom is -0.306 e. The first kappa shape index (κ1) is 14.0. The minimum absolute atomic E-state index is 0.244. The van der Waals surface area contributed by atoms with Crippen molar-refractivity contribution in [3.63, 3.8) is 0 Å². The van der Waals surface area contributed by atoms with E-state index in [0.29, 0.717) is 18.7 Å². The lowest BCUT2D eigenvalue weighted by atomic mass is 10.0. The molecule has 2 rings (SSSR count). The van der Waals surface area contributed by atoms with Gasteiger partial charge in [-0.05, 0) is 51.3 Å². The predicted molar refractivity (Wildman–Crippen MR) is 78.2 cm³/mol. The van der Waals surface area contributed by atoms with Gasteiger partial charge in [-0.1, -0.05) is 0 Å². The van der Waals surface area contributed by atoms with E-state index >= 15 is 0 Å². The van der Waals surface area contributed by atoms with Crippen molar-refractivity contribution in [3.05, 3.63) is 19.2 Å². The Bertz CT molecular complexity index is 507. The zero-order chi connectivity index (χ0) is 12.7. The number of halogens is 2. The Balaban J connectivity index is 1.99. The van der Waals surface area contributed by atoms with Gasteiger partial charge in [0.05, 0.1) is 15.3 Å². The molecule has 0 bridgehead atoms. The maximum Gasteiger partial charge on any atom is 0.152 e. The molecule has 1 unspecified atom stereocenters. The van der Waals surface area contributed by atoms with Gasteiger partial charge in [-0.15, -0.1) is 11.3 Å². The van der Waals surface area contributed by atoms with Crippen LogP contribution in [0.2, 0.25) is 0 Å². The Morgan fingerprint density at radius 2 is 2.24 bits per heavy atom. The van der Waals surface area contributed by atoms with Crippen LogP contribution in [0.5, 0.6) is 0 Å². The van der Waals surface area contributed by atoms with Gasteiger partial charge in [-0.3, -0.25) is 0 Å². The molecule has 0 spiro atoms. The van der Waals surface area contributed by atoms with Crippen molar-refractivity contribution in [2.45, 2.75) is 25.4 Å². The summed E-state index contributed by atoms with van der Waals surface area (Å²) in [6, 6.07) is 2.05. The highest BCUT2D eigenvalue weighted by molar-refractivity contribution is 9.13. The Morgan fingerprint density at radius 3 is 2.71 bits per heavy atom. The number of hydrogen-bond donors (Lipinski definition) is 1. The third-order valence-electron chi connectivity index (χ3n) is 2.89. The second kappa shape index (κ2) is 4.92. The quantitative estimate of drug-likeness (QED) is 0.845. The Labute approximate surface area is 122 Å². The number of rotatable bonds is 3. The second-order valence-electron chi connectivity index (χ2n) is 4.59. The molecule has 0 amide bonds. The molecule has 1 aliphatic heterocycles. The molecule has 17 heavy (non-hydrogen) atoms. The van der Waals surface area contributed by atoms with E-state index in [1.807, 2.05) is 6.92 Å². The van der Waals surface area contributed by atoms with Gasteiger partial charge in [0.15, 0.2) is 9.84 Å². The summed E-state index contributed by atoms with van der Waals surface area (Å²) in [5.41, 5.74) is -0.276. The van der Waals surface area contributed by atoms with Gasteiger partial charge in [0.2, 0.25) is 0 Å². The normalized spacial score (nSPS) is 27.5. The molecule has 2 heterocycles. The van der Waals surface area contributed by atoms with Crippen LogP contribution < -0.4 is 5.32 Å². The Morgan fingerprint density at radius 1 is 1.53 bits per heavy atom. The first-order valence-electron chi connectivity index (χ1n) is 5.19. The van der Waals surface area contributed by atoms with Crippen LogP contribution >= 0.6 is 43.2 Å². The Hall–Kier alpha value is 0.570. The van der Waals surface area contributed by atoms with Crippen molar-refractivity contribution in [1.82, 2.24) is 5.32 Å². The van der Waals surface area contributed by atoms with Crippen LogP contribution in [0, 0.1) is 0 Å². The standard InChI is InChI=1S/C10H13Br2NO2S2/c1-10(2-3-17(14,15)6-10)13-5-7-4-8(11)9(12)16-7/h4,13H,2-3,5-6H2,1H3. The first-order chi connectivity index (χ1) is 7.80. The maximum atomic E-state index is 11.5. The van der Waals surface area contributed by atoms with E-state index in [1.54, 1.807) is 11.3 Å². The highest BCUT2D eigenvalue weighted by Crippen LogP contribution is 2.33. The molecule has 0 aromatic carbocycles. The lowest BCUT2D eigenvalue weighted by Crippen LogP contribution is -2.42. The van der Waals surface area contributed by atoms with Gasteiger partial charge < -0.3 is 5.32 Å². The van der Waals surface area contributed by atoms with Crippen molar-refractivity contribution < 1.29 is 8.42 Å². The highest BCUT2D eigenvalue weighted by atomic mass is 79.9. The van der Waals surface area contributed by atoms with Crippen LogP contribution in [0.4, 0.5) is 0 Å². The molecule has 1 aromatic rings. The molecule has 1 aromatic heterocycles. The summed E-state index contributed by atoms with van der Waals surface area (Å²) in [4.78, 5) is 1.19. The molecule has 1 atom stereocenters. The molecular formula is C10H13Br2NO2S2. The van der Waals surface area contributed by atoms with Crippen LogP contribution in [-0.2, 0) is 16.4 Å². The van der Waals surface area contributed by atoms with Crippen LogP contribution in [0.25, 0.3) is 0 Å². The van der Waals surface area contributed by atoms with E-state index in [2.05, 4.69) is 43.2 Å². The van der Waals surface area contributed by atoms with Gasteiger partial charge in [0, 0.05) is 21.4 Å². The number of hydrogen-bond acceptors (Lipinski definition) is 4. The maximum absolute atomic E-state index is 11.5. The fourth-order valence-electron chi connectivity index (χ4n) is 1.93. The summed E-state index contributed by atoms with van der Waals surface area (Å²) in [6.45, 7) is 2.69. The zero-order valence-corrected chi connectivity index (χ0v) is 14.1. The average molecular weight is 403 g/mol. The van der Waals surface area contributed by atoms with Crippen molar-refractivity contribution in [1.29, 1.82) is 0 Å². The fraction of sp³-hybridized carbons (Fsp3) is 0.600. The van der Waals surface area contributed by atoms with E-state index in [0.717, 1.165) is 8.26 Å². The molecule has 0 aliphatic carbocycles. The SMILES string of the molecule is CC1(NCc2cc(Br)c(Br)s2)CCS(=O)(=O)C1. The van der Waals surface area contributed by atoms with Gasteiger partial charge in [0.1, 0.15) is 0 Å². The molecule has 0 saturated carbocycles. The van der Waals surface area contributed by atoms with E-state index in [4.69, 9.17) is 0 Å². The van der Waals surface area contributed by atoms with Crippen molar-refractivity contribution in [3.8, 4) is 0 Å². The summed E-state index contributed by atoms with van der Waals surface area (Å²) < 4.78 is 25.0. The summed E-state index contributed by atoms with van der Waals surface area (Å²) >= 11 is 8.54. The third kappa shape index (κ3) is 3.53. The van der Waals surface area contributed by atoms with Crippen LogP contribution in [0.15, 0.2) is 14.3 Å². The summed E-state index contributed by atoms with van der Waals surface area (Å²) in [5, 5.41) is 3.36. The lowest BCUT2D eigenvalue weighted by molar-refractivity contribution is 0.397. The second-order valence-corrected chi connectivity index (χ2v) is 10.1. The van der Waals surface area contributed by atoms with Crippen molar-refractivity contribution in [2.75, 3.05) is 11.5 Å². The number of sulfone groups is 1. The molecule has 3 nitrogen and oxygen atoms in total. The van der Waals surface area contributed by atoms with E-state index < -0.39 is 9.84 Å². The fourth-order valence-corrected chi connectivity index (χ4v) is 6.17.